The Bertz CT molecular complexity index is 771. The molecule has 3 rings (SSSR count). The lowest BCUT2D eigenvalue weighted by atomic mass is 10.1. The highest BCUT2D eigenvalue weighted by atomic mass is 35.5. The second kappa shape index (κ2) is 8.72. The maximum atomic E-state index is 12.7. The Morgan fingerprint density at radius 1 is 1.00 bits per heavy atom. The Hall–Kier alpha value is -2.53. The third-order valence-electron chi connectivity index (χ3n) is 4.26. The Morgan fingerprint density at radius 2 is 1.69 bits per heavy atom. The van der Waals surface area contributed by atoms with E-state index in [-0.39, 0.29) is 18.4 Å². The van der Waals surface area contributed by atoms with Crippen LogP contribution in [0.15, 0.2) is 48.5 Å². The van der Waals surface area contributed by atoms with Crippen LogP contribution in [-0.2, 0) is 4.79 Å². The number of piperidine rings is 1. The second-order valence-corrected chi connectivity index (χ2v) is 6.63. The van der Waals surface area contributed by atoms with Gasteiger partial charge in [-0.05, 0) is 55.7 Å². The number of benzene rings is 2. The Morgan fingerprint density at radius 3 is 2.42 bits per heavy atom. The van der Waals surface area contributed by atoms with E-state index in [9.17, 15) is 9.59 Å². The van der Waals surface area contributed by atoms with Crippen LogP contribution in [-0.4, -0.2) is 36.4 Å². The highest BCUT2D eigenvalue weighted by molar-refractivity contribution is 6.30. The summed E-state index contributed by atoms with van der Waals surface area (Å²) < 4.78 is 5.45. The predicted molar refractivity (Wildman–Crippen MR) is 102 cm³/mol. The second-order valence-electron chi connectivity index (χ2n) is 6.19. The molecule has 0 aromatic heterocycles. The molecule has 1 fully saturated rings. The molecule has 1 N–H and O–H groups in total. The molecule has 0 bridgehead atoms. The summed E-state index contributed by atoms with van der Waals surface area (Å²) in [6.45, 7) is 1.38. The fourth-order valence-corrected chi connectivity index (χ4v) is 3.04. The molecule has 26 heavy (non-hydrogen) atoms. The molecule has 0 radical (unpaired) electrons. The Balaban J connectivity index is 1.62. The van der Waals surface area contributed by atoms with E-state index in [2.05, 4.69) is 5.32 Å². The molecule has 2 aromatic rings. The van der Waals surface area contributed by atoms with Crippen LogP contribution in [0, 0.1) is 0 Å². The molecule has 2 amide bonds. The van der Waals surface area contributed by atoms with Crippen molar-refractivity contribution < 1.29 is 14.3 Å². The van der Waals surface area contributed by atoms with Gasteiger partial charge in [-0.2, -0.15) is 0 Å². The molecule has 2 aromatic carbocycles. The minimum Gasteiger partial charge on any atom is -0.484 e. The van der Waals surface area contributed by atoms with Gasteiger partial charge >= 0.3 is 0 Å². The van der Waals surface area contributed by atoms with Gasteiger partial charge in [-0.3, -0.25) is 9.59 Å². The molecule has 1 saturated heterocycles. The molecule has 0 spiro atoms. The van der Waals surface area contributed by atoms with Crippen molar-refractivity contribution in [1.82, 2.24) is 4.90 Å². The highest BCUT2D eigenvalue weighted by Crippen LogP contribution is 2.20. The molecule has 0 aliphatic carbocycles. The zero-order valence-electron chi connectivity index (χ0n) is 14.4. The van der Waals surface area contributed by atoms with Gasteiger partial charge in [0.15, 0.2) is 6.61 Å². The van der Waals surface area contributed by atoms with Gasteiger partial charge in [-0.1, -0.05) is 23.7 Å². The molecule has 0 atom stereocenters. The van der Waals surface area contributed by atoms with Crippen molar-refractivity contribution in [3.63, 3.8) is 0 Å². The maximum Gasteiger partial charge on any atom is 0.262 e. The molecule has 1 heterocycles. The van der Waals surface area contributed by atoms with Crippen molar-refractivity contribution in [2.75, 3.05) is 25.0 Å². The summed E-state index contributed by atoms with van der Waals surface area (Å²) in [6.07, 6.45) is 3.20. The summed E-state index contributed by atoms with van der Waals surface area (Å²) in [5.74, 6) is 0.195. The van der Waals surface area contributed by atoms with Crippen molar-refractivity contribution >= 4 is 29.1 Å². The first-order valence-electron chi connectivity index (χ1n) is 8.70. The van der Waals surface area contributed by atoms with Crippen LogP contribution in [0.3, 0.4) is 0 Å². The summed E-state index contributed by atoms with van der Waals surface area (Å²) in [5.41, 5.74) is 1.02. The molecule has 136 valence electrons. The summed E-state index contributed by atoms with van der Waals surface area (Å²) in [5, 5.41) is 3.38. The predicted octanol–water partition coefficient (Wildman–Crippen LogP) is 3.98. The summed E-state index contributed by atoms with van der Waals surface area (Å²) >= 11 is 5.82. The van der Waals surface area contributed by atoms with Crippen molar-refractivity contribution in [1.29, 1.82) is 0 Å². The zero-order chi connectivity index (χ0) is 18.4. The van der Waals surface area contributed by atoms with Gasteiger partial charge in [0.05, 0.1) is 11.3 Å². The third kappa shape index (κ3) is 4.76. The van der Waals surface area contributed by atoms with E-state index >= 15 is 0 Å². The Kier molecular flexibility index (Phi) is 6.12. The first-order valence-corrected chi connectivity index (χ1v) is 9.08. The molecular formula is C20H21ClN2O3. The minimum absolute atomic E-state index is 0.0424. The number of carbonyl (C=O) groups excluding carboxylic acids is 2. The van der Waals surface area contributed by atoms with Gasteiger partial charge in [0.25, 0.3) is 11.8 Å². The van der Waals surface area contributed by atoms with E-state index in [1.54, 1.807) is 48.5 Å². The van der Waals surface area contributed by atoms with Crippen LogP contribution in [0.5, 0.6) is 5.75 Å². The van der Waals surface area contributed by atoms with E-state index in [0.29, 0.717) is 22.0 Å². The largest absolute Gasteiger partial charge is 0.484 e. The number of anilines is 1. The van der Waals surface area contributed by atoms with E-state index in [1.807, 2.05) is 4.90 Å². The zero-order valence-corrected chi connectivity index (χ0v) is 15.2. The summed E-state index contributed by atoms with van der Waals surface area (Å²) in [7, 11) is 0. The number of hydrogen-bond acceptors (Lipinski definition) is 3. The quantitative estimate of drug-likeness (QED) is 0.863. The van der Waals surface area contributed by atoms with Crippen LogP contribution in [0.1, 0.15) is 29.6 Å². The third-order valence-corrected chi connectivity index (χ3v) is 4.51. The van der Waals surface area contributed by atoms with Crippen LogP contribution >= 0.6 is 11.6 Å². The monoisotopic (exact) mass is 372 g/mol. The van der Waals surface area contributed by atoms with Crippen LogP contribution in [0.4, 0.5) is 5.69 Å². The first kappa shape index (κ1) is 18.3. The normalized spacial score (nSPS) is 14.0. The number of para-hydroxylation sites is 1. The van der Waals surface area contributed by atoms with Crippen molar-refractivity contribution in [2.45, 2.75) is 19.3 Å². The topological polar surface area (TPSA) is 58.6 Å². The molecule has 1 aliphatic rings. The molecular weight excluding hydrogens is 352 g/mol. The number of nitrogens with zero attached hydrogens (tertiary/aromatic N) is 1. The van der Waals surface area contributed by atoms with E-state index in [0.717, 1.165) is 32.4 Å². The summed E-state index contributed by atoms with van der Waals surface area (Å²) in [6, 6.07) is 13.9. The molecule has 0 saturated carbocycles. The first-order chi connectivity index (χ1) is 12.6. The lowest BCUT2D eigenvalue weighted by molar-refractivity contribution is -0.118. The smallest absolute Gasteiger partial charge is 0.262 e. The minimum atomic E-state index is -0.321. The lowest BCUT2D eigenvalue weighted by Crippen LogP contribution is -2.36. The SMILES string of the molecule is O=C(COc1ccc(Cl)cc1)Nc1ccccc1C(=O)N1CCCCC1. The van der Waals surface area contributed by atoms with Gasteiger partial charge in [-0.15, -0.1) is 0 Å². The van der Waals surface area contributed by atoms with Gasteiger partial charge in [0.1, 0.15) is 5.75 Å². The van der Waals surface area contributed by atoms with Crippen LogP contribution < -0.4 is 10.1 Å². The van der Waals surface area contributed by atoms with Crippen molar-refractivity contribution in [2.24, 2.45) is 0 Å². The van der Waals surface area contributed by atoms with Gasteiger partial charge < -0.3 is 15.0 Å². The fourth-order valence-electron chi connectivity index (χ4n) is 2.91. The molecule has 6 heteroatoms. The number of halogens is 1. The summed E-state index contributed by atoms with van der Waals surface area (Å²) in [4.78, 5) is 26.8. The number of rotatable bonds is 5. The number of hydrogen-bond donors (Lipinski definition) is 1. The number of nitrogens with one attached hydrogen (secondary N) is 1. The molecule has 5 nitrogen and oxygen atoms in total. The van der Waals surface area contributed by atoms with Gasteiger partial charge in [-0.25, -0.2) is 0 Å². The van der Waals surface area contributed by atoms with Crippen molar-refractivity contribution in [3.05, 3.63) is 59.1 Å². The van der Waals surface area contributed by atoms with Gasteiger partial charge in [0, 0.05) is 18.1 Å². The fraction of sp³-hybridized carbons (Fsp3) is 0.300. The number of amides is 2. The Labute approximate surface area is 157 Å². The number of likely N-dealkylation sites (tertiary alicyclic amines) is 1. The van der Waals surface area contributed by atoms with Crippen LogP contribution in [0.2, 0.25) is 5.02 Å². The lowest BCUT2D eigenvalue weighted by Gasteiger charge is -2.27. The number of carbonyl (C=O) groups is 2. The molecule has 0 unspecified atom stereocenters. The van der Waals surface area contributed by atoms with E-state index < -0.39 is 0 Å². The average Bonchev–Trinajstić information content (AvgIpc) is 2.68. The molecule has 1 aliphatic heterocycles. The van der Waals surface area contributed by atoms with Gasteiger partial charge in [0.2, 0.25) is 0 Å². The van der Waals surface area contributed by atoms with Crippen LogP contribution in [0.25, 0.3) is 0 Å². The standard InChI is InChI=1S/C20H21ClN2O3/c21-15-8-10-16(11-9-15)26-14-19(24)22-18-7-3-2-6-17(18)20(25)23-12-4-1-5-13-23/h2-3,6-11H,1,4-5,12-14H2,(H,22,24). The maximum absolute atomic E-state index is 12.7. The highest BCUT2D eigenvalue weighted by Gasteiger charge is 2.21. The van der Waals surface area contributed by atoms with Crippen molar-refractivity contribution in [3.8, 4) is 5.75 Å². The number of ether oxygens (including phenoxy) is 1. The average molecular weight is 373 g/mol. The van der Waals surface area contributed by atoms with E-state index in [4.69, 9.17) is 16.3 Å². The van der Waals surface area contributed by atoms with E-state index in [1.165, 1.54) is 0 Å².